The number of rotatable bonds is 5. The van der Waals surface area contributed by atoms with E-state index in [1.807, 2.05) is 0 Å². The van der Waals surface area contributed by atoms with E-state index in [1.165, 1.54) is 37.6 Å². The van der Waals surface area contributed by atoms with Crippen LogP contribution < -0.4 is 15.2 Å². The standard InChI is InChI=1S/C19H16N4O6S/c1-10-17-12(9-14(16-4-3-7-28-16)22-19(17)29-23-10)18(24)21-13-8-11(30(20,25)26)5-6-15(13)27-2/h3-9H,1-2H3,(H,21,24)(H2,20,25,26). The predicted molar refractivity (Wildman–Crippen MR) is 107 cm³/mol. The third kappa shape index (κ3) is 3.51. The second-order valence-electron chi connectivity index (χ2n) is 6.34. The van der Waals surface area contributed by atoms with Gasteiger partial charge in [-0.2, -0.15) is 0 Å². The smallest absolute Gasteiger partial charge is 0.259 e. The van der Waals surface area contributed by atoms with Crippen molar-refractivity contribution in [3.63, 3.8) is 0 Å². The average molecular weight is 428 g/mol. The molecular formula is C19H16N4O6S. The fourth-order valence-electron chi connectivity index (χ4n) is 2.98. The Morgan fingerprint density at radius 3 is 2.70 bits per heavy atom. The van der Waals surface area contributed by atoms with Gasteiger partial charge in [-0.25, -0.2) is 18.5 Å². The minimum atomic E-state index is -3.97. The first-order valence-corrected chi connectivity index (χ1v) is 10.2. The van der Waals surface area contributed by atoms with Gasteiger partial charge in [0.05, 0.1) is 40.6 Å². The third-order valence-electron chi connectivity index (χ3n) is 4.38. The summed E-state index contributed by atoms with van der Waals surface area (Å²) in [6.45, 7) is 1.68. The summed E-state index contributed by atoms with van der Waals surface area (Å²) in [7, 11) is -2.58. The number of methoxy groups -OCH3 is 1. The molecule has 10 nitrogen and oxygen atoms in total. The van der Waals surface area contributed by atoms with Crippen molar-refractivity contribution >= 4 is 32.7 Å². The second kappa shape index (κ2) is 7.28. The van der Waals surface area contributed by atoms with E-state index in [4.69, 9.17) is 18.8 Å². The summed E-state index contributed by atoms with van der Waals surface area (Å²) in [5, 5.41) is 12.2. The molecule has 4 rings (SSSR count). The van der Waals surface area contributed by atoms with E-state index in [1.54, 1.807) is 19.1 Å². The summed E-state index contributed by atoms with van der Waals surface area (Å²) in [5.41, 5.74) is 1.36. The van der Waals surface area contributed by atoms with E-state index in [0.29, 0.717) is 22.5 Å². The first kappa shape index (κ1) is 19.6. The molecule has 11 heteroatoms. The molecule has 1 amide bonds. The molecule has 3 aromatic heterocycles. The van der Waals surface area contributed by atoms with Crippen molar-refractivity contribution in [1.82, 2.24) is 10.1 Å². The quantitative estimate of drug-likeness (QED) is 0.492. The van der Waals surface area contributed by atoms with Gasteiger partial charge in [0.25, 0.3) is 11.6 Å². The van der Waals surface area contributed by atoms with Crippen LogP contribution in [0.1, 0.15) is 16.1 Å². The maximum atomic E-state index is 13.2. The highest BCUT2D eigenvalue weighted by atomic mass is 32.2. The topological polar surface area (TPSA) is 151 Å². The number of pyridine rings is 1. The molecule has 0 saturated heterocycles. The summed E-state index contributed by atoms with van der Waals surface area (Å²) in [4.78, 5) is 17.3. The van der Waals surface area contributed by atoms with E-state index in [2.05, 4.69) is 15.5 Å². The number of carbonyl (C=O) groups is 1. The van der Waals surface area contributed by atoms with Crippen LogP contribution in [-0.2, 0) is 10.0 Å². The number of nitrogens with zero attached hydrogens (tertiary/aromatic N) is 2. The number of anilines is 1. The van der Waals surface area contributed by atoms with Crippen LogP contribution in [0.3, 0.4) is 0 Å². The number of nitrogens with two attached hydrogens (primary N) is 1. The Morgan fingerprint density at radius 1 is 1.23 bits per heavy atom. The lowest BCUT2D eigenvalue weighted by molar-refractivity contribution is 0.102. The molecule has 0 aliphatic carbocycles. The van der Waals surface area contributed by atoms with Gasteiger partial charge in [0.1, 0.15) is 11.4 Å². The number of fused-ring (bicyclic) bond motifs is 1. The number of nitrogens with one attached hydrogen (secondary N) is 1. The molecule has 0 spiro atoms. The van der Waals surface area contributed by atoms with Gasteiger partial charge in [-0.05, 0) is 43.3 Å². The maximum absolute atomic E-state index is 13.2. The molecule has 0 fully saturated rings. The summed E-state index contributed by atoms with van der Waals surface area (Å²) >= 11 is 0. The van der Waals surface area contributed by atoms with E-state index in [0.717, 1.165) is 0 Å². The van der Waals surface area contributed by atoms with Gasteiger partial charge in [0.2, 0.25) is 10.0 Å². The largest absolute Gasteiger partial charge is 0.495 e. The molecule has 0 atom stereocenters. The summed E-state index contributed by atoms with van der Waals surface area (Å²) in [6, 6.07) is 8.83. The monoisotopic (exact) mass is 428 g/mol. The summed E-state index contributed by atoms with van der Waals surface area (Å²) in [6.07, 6.45) is 1.48. The van der Waals surface area contributed by atoms with Crippen LogP contribution in [0.15, 0.2) is 56.5 Å². The van der Waals surface area contributed by atoms with Crippen molar-refractivity contribution < 1.29 is 26.9 Å². The molecule has 1 aromatic carbocycles. The Kier molecular flexibility index (Phi) is 4.76. The van der Waals surface area contributed by atoms with Crippen molar-refractivity contribution in [1.29, 1.82) is 0 Å². The number of benzene rings is 1. The number of aromatic nitrogens is 2. The fraction of sp³-hybridized carbons (Fsp3) is 0.105. The lowest BCUT2D eigenvalue weighted by Crippen LogP contribution is -2.16. The highest BCUT2D eigenvalue weighted by Crippen LogP contribution is 2.31. The first-order valence-electron chi connectivity index (χ1n) is 8.61. The van der Waals surface area contributed by atoms with E-state index >= 15 is 0 Å². The number of hydrogen-bond donors (Lipinski definition) is 2. The molecule has 0 unspecified atom stereocenters. The molecule has 4 aromatic rings. The van der Waals surface area contributed by atoms with Crippen molar-refractivity contribution in [2.24, 2.45) is 5.14 Å². The van der Waals surface area contributed by atoms with E-state index in [-0.39, 0.29) is 27.6 Å². The van der Waals surface area contributed by atoms with Crippen LogP contribution in [0.5, 0.6) is 5.75 Å². The number of furan rings is 1. The van der Waals surface area contributed by atoms with Crippen LogP contribution in [-0.4, -0.2) is 31.6 Å². The molecule has 3 heterocycles. The molecule has 154 valence electrons. The minimum absolute atomic E-state index is 0.132. The lowest BCUT2D eigenvalue weighted by atomic mass is 10.1. The highest BCUT2D eigenvalue weighted by Gasteiger charge is 2.22. The zero-order chi connectivity index (χ0) is 21.5. The Morgan fingerprint density at radius 2 is 2.03 bits per heavy atom. The van der Waals surface area contributed by atoms with Gasteiger partial charge in [-0.15, -0.1) is 0 Å². The van der Waals surface area contributed by atoms with Gasteiger partial charge in [-0.3, -0.25) is 4.79 Å². The minimum Gasteiger partial charge on any atom is -0.495 e. The number of primary sulfonamides is 1. The summed E-state index contributed by atoms with van der Waals surface area (Å²) in [5.74, 6) is 0.148. The molecule has 0 saturated carbocycles. The predicted octanol–water partition coefficient (Wildman–Crippen LogP) is 2.70. The molecule has 0 bridgehead atoms. The average Bonchev–Trinajstić information content (AvgIpc) is 3.37. The highest BCUT2D eigenvalue weighted by molar-refractivity contribution is 7.89. The van der Waals surface area contributed by atoms with Crippen LogP contribution in [0.25, 0.3) is 22.6 Å². The Hall–Kier alpha value is -3.70. The normalized spacial score (nSPS) is 11.6. The van der Waals surface area contributed by atoms with Crippen LogP contribution in [0, 0.1) is 6.92 Å². The van der Waals surface area contributed by atoms with E-state index in [9.17, 15) is 13.2 Å². The van der Waals surface area contributed by atoms with Gasteiger partial charge < -0.3 is 19.0 Å². The number of amides is 1. The molecule has 0 radical (unpaired) electrons. The molecular weight excluding hydrogens is 412 g/mol. The van der Waals surface area contributed by atoms with Crippen molar-refractivity contribution in [2.75, 3.05) is 12.4 Å². The Labute approximate surface area is 170 Å². The number of aryl methyl sites for hydroxylation is 1. The van der Waals surface area contributed by atoms with Crippen LogP contribution in [0.4, 0.5) is 5.69 Å². The zero-order valence-electron chi connectivity index (χ0n) is 15.9. The number of carbonyl (C=O) groups excluding carboxylic acids is 1. The van der Waals surface area contributed by atoms with Crippen LogP contribution >= 0.6 is 0 Å². The van der Waals surface area contributed by atoms with Gasteiger partial charge in [-0.1, -0.05) is 5.16 Å². The molecule has 30 heavy (non-hydrogen) atoms. The van der Waals surface area contributed by atoms with E-state index < -0.39 is 15.9 Å². The van der Waals surface area contributed by atoms with Crippen molar-refractivity contribution in [3.05, 3.63) is 53.9 Å². The van der Waals surface area contributed by atoms with Gasteiger partial charge in [0.15, 0.2) is 5.76 Å². The van der Waals surface area contributed by atoms with Crippen molar-refractivity contribution in [2.45, 2.75) is 11.8 Å². The van der Waals surface area contributed by atoms with Crippen molar-refractivity contribution in [3.8, 4) is 17.2 Å². The summed E-state index contributed by atoms with van der Waals surface area (Å²) < 4.78 is 39.2. The SMILES string of the molecule is COc1ccc(S(N)(=O)=O)cc1NC(=O)c1cc(-c2ccco2)nc2onc(C)c12. The molecule has 3 N–H and O–H groups in total. The Bertz CT molecular complexity index is 1360. The lowest BCUT2D eigenvalue weighted by Gasteiger charge is -2.12. The molecule has 0 aliphatic rings. The Balaban J connectivity index is 1.82. The number of ether oxygens (including phenoxy) is 1. The third-order valence-corrected chi connectivity index (χ3v) is 5.29. The second-order valence-corrected chi connectivity index (χ2v) is 7.90. The van der Waals surface area contributed by atoms with Crippen LogP contribution in [0.2, 0.25) is 0 Å². The van der Waals surface area contributed by atoms with Gasteiger partial charge in [0, 0.05) is 0 Å². The maximum Gasteiger partial charge on any atom is 0.259 e. The first-order chi connectivity index (χ1) is 14.3. The molecule has 0 aliphatic heterocycles. The number of hydrogen-bond acceptors (Lipinski definition) is 8. The zero-order valence-corrected chi connectivity index (χ0v) is 16.7. The van der Waals surface area contributed by atoms with Gasteiger partial charge >= 0.3 is 0 Å². The number of sulfonamides is 1. The fourth-order valence-corrected chi connectivity index (χ4v) is 3.52.